The number of aromatic nitrogens is 2. The van der Waals surface area contributed by atoms with Crippen LogP contribution in [0.1, 0.15) is 32.6 Å². The molecule has 110 valence electrons. The normalized spacial score (nSPS) is 25.6. The Balaban J connectivity index is 1.68. The van der Waals surface area contributed by atoms with E-state index < -0.39 is 0 Å². The van der Waals surface area contributed by atoms with Gasteiger partial charge in [-0.05, 0) is 31.6 Å². The number of rotatable bonds is 6. The van der Waals surface area contributed by atoms with E-state index in [1.165, 1.54) is 12.8 Å². The average Bonchev–Trinajstić information content (AvgIpc) is 3.17. The molecule has 0 radical (unpaired) electrons. The van der Waals surface area contributed by atoms with Crippen LogP contribution >= 0.6 is 0 Å². The quantitative estimate of drug-likeness (QED) is 0.736. The van der Waals surface area contributed by atoms with Gasteiger partial charge in [0.1, 0.15) is 11.6 Å². The zero-order valence-corrected chi connectivity index (χ0v) is 11.9. The molecule has 6 heteroatoms. The van der Waals surface area contributed by atoms with E-state index in [2.05, 4.69) is 27.5 Å². The molecule has 0 spiro atoms. The van der Waals surface area contributed by atoms with Crippen LogP contribution in [-0.2, 0) is 4.74 Å². The second-order valence-electron chi connectivity index (χ2n) is 5.64. The van der Waals surface area contributed by atoms with Crippen molar-refractivity contribution in [3.63, 3.8) is 0 Å². The second kappa shape index (κ2) is 5.83. The van der Waals surface area contributed by atoms with Crippen LogP contribution in [0.25, 0.3) is 0 Å². The van der Waals surface area contributed by atoms with Gasteiger partial charge in [0.15, 0.2) is 0 Å². The topological polar surface area (TPSA) is 85.1 Å². The van der Waals surface area contributed by atoms with E-state index >= 15 is 0 Å². The molecule has 2 atom stereocenters. The minimum absolute atomic E-state index is 0.301. The predicted molar refractivity (Wildman–Crippen MR) is 79.7 cm³/mol. The molecule has 0 bridgehead atoms. The van der Waals surface area contributed by atoms with Gasteiger partial charge in [0.05, 0.1) is 12.1 Å². The lowest BCUT2D eigenvalue weighted by molar-refractivity contribution is 0.0898. The van der Waals surface area contributed by atoms with E-state index in [4.69, 9.17) is 10.5 Å². The van der Waals surface area contributed by atoms with Crippen molar-refractivity contribution in [1.29, 1.82) is 0 Å². The smallest absolute Gasteiger partial charge is 0.223 e. The third-order valence-electron chi connectivity index (χ3n) is 3.86. The number of nitrogens with zero attached hydrogens (tertiary/aromatic N) is 2. The van der Waals surface area contributed by atoms with E-state index in [0.717, 1.165) is 43.5 Å². The zero-order valence-electron chi connectivity index (χ0n) is 11.9. The SMILES string of the molecule is CCCNc1cc(NC2CCOC2C2CC2)nc(N)n1. The lowest BCUT2D eigenvalue weighted by Crippen LogP contribution is -2.31. The fourth-order valence-electron chi connectivity index (χ4n) is 2.73. The molecule has 1 aromatic rings. The lowest BCUT2D eigenvalue weighted by atomic mass is 10.1. The molecule has 4 N–H and O–H groups in total. The summed E-state index contributed by atoms with van der Waals surface area (Å²) in [4.78, 5) is 8.48. The van der Waals surface area contributed by atoms with Crippen LogP contribution in [0.15, 0.2) is 6.07 Å². The van der Waals surface area contributed by atoms with Crippen LogP contribution in [0, 0.1) is 5.92 Å². The number of nitrogens with two attached hydrogens (primary N) is 1. The zero-order chi connectivity index (χ0) is 13.9. The van der Waals surface area contributed by atoms with Crippen LogP contribution in [0.2, 0.25) is 0 Å². The van der Waals surface area contributed by atoms with Crippen LogP contribution < -0.4 is 16.4 Å². The predicted octanol–water partition coefficient (Wildman–Crippen LogP) is 1.86. The monoisotopic (exact) mass is 277 g/mol. The maximum absolute atomic E-state index is 5.83. The molecule has 1 saturated heterocycles. The Morgan fingerprint density at radius 3 is 2.85 bits per heavy atom. The molecule has 1 aliphatic carbocycles. The maximum Gasteiger partial charge on any atom is 0.223 e. The van der Waals surface area contributed by atoms with E-state index in [9.17, 15) is 0 Å². The van der Waals surface area contributed by atoms with Gasteiger partial charge in [-0.25, -0.2) is 0 Å². The minimum Gasteiger partial charge on any atom is -0.376 e. The van der Waals surface area contributed by atoms with Gasteiger partial charge in [-0.15, -0.1) is 0 Å². The highest BCUT2D eigenvalue weighted by Gasteiger charge is 2.40. The van der Waals surface area contributed by atoms with Crippen molar-refractivity contribution in [2.24, 2.45) is 5.92 Å². The molecular formula is C14H23N5O. The Hall–Kier alpha value is -1.56. The molecule has 3 rings (SSSR count). The first-order chi connectivity index (χ1) is 9.76. The fraction of sp³-hybridized carbons (Fsp3) is 0.714. The van der Waals surface area contributed by atoms with E-state index in [-0.39, 0.29) is 0 Å². The number of hydrogen-bond acceptors (Lipinski definition) is 6. The first-order valence-electron chi connectivity index (χ1n) is 7.53. The van der Waals surface area contributed by atoms with Gasteiger partial charge < -0.3 is 21.1 Å². The summed E-state index contributed by atoms with van der Waals surface area (Å²) in [6.45, 7) is 3.83. The highest BCUT2D eigenvalue weighted by Crippen LogP contribution is 2.39. The van der Waals surface area contributed by atoms with Crippen molar-refractivity contribution in [3.8, 4) is 0 Å². The molecule has 20 heavy (non-hydrogen) atoms. The van der Waals surface area contributed by atoms with E-state index in [1.807, 2.05) is 6.07 Å². The molecule has 1 aromatic heterocycles. The number of nitrogens with one attached hydrogen (secondary N) is 2. The molecule has 0 aromatic carbocycles. The summed E-state index contributed by atoms with van der Waals surface area (Å²) < 4.78 is 5.83. The molecule has 2 heterocycles. The van der Waals surface area contributed by atoms with Crippen LogP contribution in [0.4, 0.5) is 17.6 Å². The summed E-state index contributed by atoms with van der Waals surface area (Å²) in [6.07, 6.45) is 4.99. The molecule has 2 unspecified atom stereocenters. The molecule has 2 aliphatic rings. The van der Waals surface area contributed by atoms with Crippen molar-refractivity contribution < 1.29 is 4.74 Å². The van der Waals surface area contributed by atoms with Gasteiger partial charge >= 0.3 is 0 Å². The molecule has 2 fully saturated rings. The van der Waals surface area contributed by atoms with Crippen molar-refractivity contribution in [3.05, 3.63) is 6.07 Å². The highest BCUT2D eigenvalue weighted by atomic mass is 16.5. The van der Waals surface area contributed by atoms with Crippen molar-refractivity contribution in [2.45, 2.75) is 44.8 Å². The van der Waals surface area contributed by atoms with Gasteiger partial charge in [0, 0.05) is 19.2 Å². The summed E-state index contributed by atoms with van der Waals surface area (Å²) in [5.41, 5.74) is 5.78. The molecule has 1 aliphatic heterocycles. The third kappa shape index (κ3) is 3.12. The Morgan fingerprint density at radius 1 is 1.30 bits per heavy atom. The molecule has 0 amide bonds. The van der Waals surface area contributed by atoms with Gasteiger partial charge in [0.25, 0.3) is 0 Å². The Bertz CT molecular complexity index is 463. The average molecular weight is 277 g/mol. The van der Waals surface area contributed by atoms with Crippen molar-refractivity contribution in [1.82, 2.24) is 9.97 Å². The van der Waals surface area contributed by atoms with Crippen molar-refractivity contribution >= 4 is 17.6 Å². The Kier molecular flexibility index (Phi) is 3.91. The summed E-state index contributed by atoms with van der Waals surface area (Å²) in [6, 6.07) is 2.27. The van der Waals surface area contributed by atoms with Gasteiger partial charge in [-0.3, -0.25) is 0 Å². The lowest BCUT2D eigenvalue weighted by Gasteiger charge is -2.20. The van der Waals surface area contributed by atoms with Crippen LogP contribution in [0.5, 0.6) is 0 Å². The minimum atomic E-state index is 0.301. The fourth-order valence-corrected chi connectivity index (χ4v) is 2.73. The number of ether oxygens (including phenoxy) is 1. The summed E-state index contributed by atoms with van der Waals surface area (Å²) >= 11 is 0. The van der Waals surface area contributed by atoms with Crippen LogP contribution in [-0.4, -0.2) is 35.3 Å². The van der Waals surface area contributed by atoms with Crippen LogP contribution in [0.3, 0.4) is 0 Å². The number of hydrogen-bond donors (Lipinski definition) is 3. The Labute approximate surface area is 119 Å². The number of anilines is 3. The first-order valence-corrected chi connectivity index (χ1v) is 7.53. The first kappa shape index (κ1) is 13.4. The standard InChI is InChI=1S/C14H23N5O/c1-2-6-16-11-8-12(19-14(15)18-11)17-10-5-7-20-13(10)9-3-4-9/h8-10,13H,2-7H2,1H3,(H4,15,16,17,18,19). The summed E-state index contributed by atoms with van der Waals surface area (Å²) in [5.74, 6) is 2.60. The Morgan fingerprint density at radius 2 is 2.10 bits per heavy atom. The molecule has 1 saturated carbocycles. The van der Waals surface area contributed by atoms with Gasteiger partial charge in [0.2, 0.25) is 5.95 Å². The van der Waals surface area contributed by atoms with E-state index in [0.29, 0.717) is 18.1 Å². The summed E-state index contributed by atoms with van der Waals surface area (Å²) in [5, 5.41) is 6.72. The van der Waals surface area contributed by atoms with Gasteiger partial charge in [-0.2, -0.15) is 9.97 Å². The summed E-state index contributed by atoms with van der Waals surface area (Å²) in [7, 11) is 0. The third-order valence-corrected chi connectivity index (χ3v) is 3.86. The largest absolute Gasteiger partial charge is 0.376 e. The molecule has 6 nitrogen and oxygen atoms in total. The molecular weight excluding hydrogens is 254 g/mol. The van der Waals surface area contributed by atoms with E-state index in [1.54, 1.807) is 0 Å². The highest BCUT2D eigenvalue weighted by molar-refractivity contribution is 5.51. The van der Waals surface area contributed by atoms with Gasteiger partial charge in [-0.1, -0.05) is 6.92 Å². The van der Waals surface area contributed by atoms with Crippen molar-refractivity contribution in [2.75, 3.05) is 29.5 Å². The number of nitrogen functional groups attached to an aromatic ring is 1. The maximum atomic E-state index is 5.83. The second-order valence-corrected chi connectivity index (χ2v) is 5.64.